The highest BCUT2D eigenvalue weighted by atomic mass is 35.5. The van der Waals surface area contributed by atoms with Gasteiger partial charge in [-0.1, -0.05) is 29.7 Å². The molecule has 18 heavy (non-hydrogen) atoms. The molecule has 0 aliphatic rings. The summed E-state index contributed by atoms with van der Waals surface area (Å²) in [4.78, 5) is 4.43. The van der Waals surface area contributed by atoms with Gasteiger partial charge in [0.15, 0.2) is 5.96 Å². The van der Waals surface area contributed by atoms with Crippen LogP contribution in [0.3, 0.4) is 0 Å². The topological polar surface area (TPSA) is 36.4 Å². The number of benzene rings is 1. The molecule has 0 radical (unpaired) electrons. The quantitative estimate of drug-likeness (QED) is 0.485. The largest absolute Gasteiger partial charge is 0.357 e. The van der Waals surface area contributed by atoms with Crippen LogP contribution in [0, 0.1) is 12.3 Å². The number of rotatable bonds is 5. The molecular formula is C14H18ClN3. The third kappa shape index (κ3) is 5.60. The minimum atomic E-state index is 0.475. The summed E-state index contributed by atoms with van der Waals surface area (Å²) in [6.07, 6.45) is 6.05. The molecule has 96 valence electrons. The lowest BCUT2D eigenvalue weighted by atomic mass is 10.1. The molecule has 0 fully saturated rings. The van der Waals surface area contributed by atoms with Crippen LogP contribution in [0.4, 0.5) is 0 Å². The highest BCUT2D eigenvalue weighted by Gasteiger charge is 1.96. The number of hydrogen-bond acceptors (Lipinski definition) is 1. The van der Waals surface area contributed by atoms with Crippen LogP contribution in [-0.4, -0.2) is 25.6 Å². The molecule has 0 aliphatic heterocycles. The van der Waals surface area contributed by atoms with E-state index in [0.29, 0.717) is 13.1 Å². The maximum atomic E-state index is 5.92. The first-order valence-electron chi connectivity index (χ1n) is 5.96. The van der Waals surface area contributed by atoms with Crippen LogP contribution >= 0.6 is 11.6 Å². The number of nitrogens with one attached hydrogen (secondary N) is 2. The van der Waals surface area contributed by atoms with Gasteiger partial charge in [-0.15, -0.1) is 6.42 Å². The Morgan fingerprint density at radius 2 is 2.28 bits per heavy atom. The van der Waals surface area contributed by atoms with Crippen molar-refractivity contribution in [2.45, 2.75) is 13.3 Å². The minimum absolute atomic E-state index is 0.475. The fourth-order valence-corrected chi connectivity index (χ4v) is 1.68. The molecule has 0 atom stereocenters. The number of halogens is 1. The molecule has 1 rings (SSSR count). The molecule has 0 bridgehead atoms. The van der Waals surface area contributed by atoms with Gasteiger partial charge >= 0.3 is 0 Å². The first-order valence-corrected chi connectivity index (χ1v) is 6.34. The van der Waals surface area contributed by atoms with Crippen LogP contribution in [0.5, 0.6) is 0 Å². The summed E-state index contributed by atoms with van der Waals surface area (Å²) in [6.45, 7) is 4.00. The Morgan fingerprint density at radius 1 is 1.44 bits per heavy atom. The average molecular weight is 264 g/mol. The van der Waals surface area contributed by atoms with Gasteiger partial charge in [0.2, 0.25) is 0 Å². The van der Waals surface area contributed by atoms with E-state index < -0.39 is 0 Å². The van der Waals surface area contributed by atoms with Gasteiger partial charge in [0.05, 0.1) is 6.54 Å². The summed E-state index contributed by atoms with van der Waals surface area (Å²) >= 11 is 5.92. The van der Waals surface area contributed by atoms with Crippen LogP contribution in [0.1, 0.15) is 12.5 Å². The van der Waals surface area contributed by atoms with E-state index >= 15 is 0 Å². The van der Waals surface area contributed by atoms with E-state index in [1.807, 2.05) is 31.2 Å². The Morgan fingerprint density at radius 3 is 2.94 bits per heavy atom. The summed E-state index contributed by atoms with van der Waals surface area (Å²) in [7, 11) is 0. The molecule has 2 N–H and O–H groups in total. The molecular weight excluding hydrogens is 246 g/mol. The van der Waals surface area contributed by atoms with Crippen molar-refractivity contribution in [1.29, 1.82) is 0 Å². The van der Waals surface area contributed by atoms with E-state index in [4.69, 9.17) is 18.0 Å². The molecule has 3 nitrogen and oxygen atoms in total. The standard InChI is InChI=1S/C14H18ClN3/c1-3-9-17-14(16-4-2)18-10-8-12-6-5-7-13(15)11-12/h1,5-7,11H,4,8-10H2,2H3,(H2,16,17,18). The summed E-state index contributed by atoms with van der Waals surface area (Å²) in [6, 6.07) is 7.82. The van der Waals surface area contributed by atoms with Crippen molar-refractivity contribution >= 4 is 17.6 Å². The fraction of sp³-hybridized carbons (Fsp3) is 0.357. The number of aliphatic imine (C=N–C) groups is 1. The van der Waals surface area contributed by atoms with Gasteiger partial charge in [-0.25, -0.2) is 0 Å². The Kier molecular flexibility index (Phi) is 6.75. The summed E-state index contributed by atoms with van der Waals surface area (Å²) in [5.74, 6) is 3.27. The summed E-state index contributed by atoms with van der Waals surface area (Å²) in [5.41, 5.74) is 1.18. The van der Waals surface area contributed by atoms with E-state index in [0.717, 1.165) is 23.9 Å². The molecule has 0 saturated carbocycles. The summed E-state index contributed by atoms with van der Waals surface area (Å²) in [5, 5.41) is 6.94. The van der Waals surface area contributed by atoms with E-state index in [2.05, 4.69) is 21.5 Å². The first-order chi connectivity index (χ1) is 8.76. The Bertz CT molecular complexity index is 435. The van der Waals surface area contributed by atoms with E-state index in [1.165, 1.54) is 5.56 Å². The van der Waals surface area contributed by atoms with Crippen LogP contribution in [0.2, 0.25) is 5.02 Å². The second kappa shape index (κ2) is 8.43. The van der Waals surface area contributed by atoms with Crippen molar-refractivity contribution in [3.05, 3.63) is 34.9 Å². The van der Waals surface area contributed by atoms with Crippen LogP contribution in [0.25, 0.3) is 0 Å². The third-order valence-corrected chi connectivity index (χ3v) is 2.50. The van der Waals surface area contributed by atoms with Crippen molar-refractivity contribution in [2.24, 2.45) is 4.99 Å². The van der Waals surface area contributed by atoms with Crippen molar-refractivity contribution in [3.63, 3.8) is 0 Å². The van der Waals surface area contributed by atoms with Crippen LogP contribution in [0.15, 0.2) is 29.3 Å². The number of guanidine groups is 1. The van der Waals surface area contributed by atoms with Crippen molar-refractivity contribution in [2.75, 3.05) is 19.6 Å². The van der Waals surface area contributed by atoms with Crippen molar-refractivity contribution < 1.29 is 0 Å². The maximum Gasteiger partial charge on any atom is 0.192 e. The Labute approximate surface area is 114 Å². The minimum Gasteiger partial charge on any atom is -0.357 e. The highest BCUT2D eigenvalue weighted by Crippen LogP contribution is 2.10. The summed E-state index contributed by atoms with van der Waals surface area (Å²) < 4.78 is 0. The molecule has 1 aromatic carbocycles. The third-order valence-electron chi connectivity index (χ3n) is 2.26. The van der Waals surface area contributed by atoms with Crippen molar-refractivity contribution in [3.8, 4) is 12.3 Å². The zero-order valence-corrected chi connectivity index (χ0v) is 11.3. The monoisotopic (exact) mass is 263 g/mol. The average Bonchev–Trinajstić information content (AvgIpc) is 2.36. The lowest BCUT2D eigenvalue weighted by Gasteiger charge is -2.08. The normalized spacial score (nSPS) is 10.8. The van der Waals surface area contributed by atoms with Gasteiger partial charge in [0.1, 0.15) is 0 Å². The molecule has 4 heteroatoms. The second-order valence-electron chi connectivity index (χ2n) is 3.70. The molecule has 0 aromatic heterocycles. The zero-order valence-electron chi connectivity index (χ0n) is 10.5. The predicted octanol–water partition coefficient (Wildman–Crippen LogP) is 2.07. The van der Waals surface area contributed by atoms with Gasteiger partial charge < -0.3 is 10.6 Å². The molecule has 0 aliphatic carbocycles. The van der Waals surface area contributed by atoms with Gasteiger partial charge in [-0.2, -0.15) is 0 Å². The van der Waals surface area contributed by atoms with E-state index in [-0.39, 0.29) is 0 Å². The number of terminal acetylenes is 1. The smallest absolute Gasteiger partial charge is 0.192 e. The molecule has 0 saturated heterocycles. The van der Waals surface area contributed by atoms with E-state index in [1.54, 1.807) is 0 Å². The fourth-order valence-electron chi connectivity index (χ4n) is 1.47. The van der Waals surface area contributed by atoms with Crippen LogP contribution in [-0.2, 0) is 6.42 Å². The van der Waals surface area contributed by atoms with E-state index in [9.17, 15) is 0 Å². The maximum absolute atomic E-state index is 5.92. The molecule has 0 unspecified atom stereocenters. The van der Waals surface area contributed by atoms with Gasteiger partial charge in [-0.3, -0.25) is 4.99 Å². The number of hydrogen-bond donors (Lipinski definition) is 2. The van der Waals surface area contributed by atoms with Crippen LogP contribution < -0.4 is 10.6 Å². The van der Waals surface area contributed by atoms with Gasteiger partial charge in [0, 0.05) is 18.1 Å². The zero-order chi connectivity index (χ0) is 13.2. The highest BCUT2D eigenvalue weighted by molar-refractivity contribution is 6.30. The van der Waals surface area contributed by atoms with Gasteiger partial charge in [-0.05, 0) is 31.0 Å². The lowest BCUT2D eigenvalue weighted by Crippen LogP contribution is -2.37. The van der Waals surface area contributed by atoms with Crippen molar-refractivity contribution in [1.82, 2.24) is 10.6 Å². The second-order valence-corrected chi connectivity index (χ2v) is 4.13. The molecule has 1 aromatic rings. The first kappa shape index (κ1) is 14.4. The molecule has 0 amide bonds. The Balaban J connectivity index is 2.47. The van der Waals surface area contributed by atoms with Gasteiger partial charge in [0.25, 0.3) is 0 Å². The molecule has 0 heterocycles. The SMILES string of the molecule is C#CCNC(=NCCc1cccc(Cl)c1)NCC. The molecule has 0 spiro atoms. The predicted molar refractivity (Wildman–Crippen MR) is 78.0 cm³/mol. The Hall–Kier alpha value is -1.66. The lowest BCUT2D eigenvalue weighted by molar-refractivity contribution is 0.855. The number of nitrogens with zero attached hydrogens (tertiary/aromatic N) is 1.